The second-order valence-electron chi connectivity index (χ2n) is 4.81. The van der Waals surface area contributed by atoms with Crippen LogP contribution < -0.4 is 5.32 Å². The minimum atomic E-state index is -0.249. The average molecular weight is 211 g/mol. The smallest absolute Gasteiger partial charge is 0.311 e. The molecule has 0 aliphatic heterocycles. The number of fused-ring (bicyclic) bond motifs is 3. The van der Waals surface area contributed by atoms with E-state index >= 15 is 0 Å². The van der Waals surface area contributed by atoms with Crippen LogP contribution in [0, 0.1) is 5.41 Å². The van der Waals surface area contributed by atoms with E-state index < -0.39 is 0 Å². The fourth-order valence-corrected chi connectivity index (χ4v) is 3.05. The summed E-state index contributed by atoms with van der Waals surface area (Å²) >= 11 is 0. The molecule has 1 N–H and O–H groups in total. The number of methoxy groups -OCH3 is 1. The van der Waals surface area contributed by atoms with Crippen molar-refractivity contribution in [2.75, 3.05) is 7.11 Å². The van der Waals surface area contributed by atoms with Crippen molar-refractivity contribution in [3.8, 4) is 0 Å². The Hall–Kier alpha value is -1.06. The van der Waals surface area contributed by atoms with Gasteiger partial charge in [-0.15, -0.1) is 0 Å². The lowest BCUT2D eigenvalue weighted by atomic mass is 9.57. The van der Waals surface area contributed by atoms with Gasteiger partial charge in [-0.05, 0) is 38.5 Å². The molecule has 0 spiro atoms. The number of rotatable bonds is 3. The summed E-state index contributed by atoms with van der Waals surface area (Å²) in [7, 11) is 1.46. The van der Waals surface area contributed by atoms with Crippen LogP contribution in [-0.2, 0) is 14.3 Å². The molecule has 3 aliphatic rings. The van der Waals surface area contributed by atoms with Gasteiger partial charge in [-0.3, -0.25) is 9.59 Å². The molecule has 0 aromatic heterocycles. The molecule has 3 rings (SSSR count). The van der Waals surface area contributed by atoms with Gasteiger partial charge in [-0.25, -0.2) is 0 Å². The van der Waals surface area contributed by atoms with Crippen LogP contribution in [0.3, 0.4) is 0 Å². The lowest BCUT2D eigenvalue weighted by Gasteiger charge is -2.51. The number of carbonyl (C=O) groups is 2. The standard InChI is InChI=1S/C11H17NO3/c1-15-9(14)10-2-5-11(6-3-10,7-4-10)12-8-13/h8H,2-7H2,1H3,(H,12,13). The fraction of sp³-hybridized carbons (Fsp3) is 0.818. The van der Waals surface area contributed by atoms with Crippen molar-refractivity contribution in [3.05, 3.63) is 0 Å². The van der Waals surface area contributed by atoms with Gasteiger partial charge >= 0.3 is 5.97 Å². The zero-order valence-electron chi connectivity index (χ0n) is 9.04. The first-order valence-electron chi connectivity index (χ1n) is 5.46. The van der Waals surface area contributed by atoms with E-state index in [9.17, 15) is 9.59 Å². The molecule has 4 nitrogen and oxygen atoms in total. The first-order chi connectivity index (χ1) is 7.16. The molecule has 2 bridgehead atoms. The molecule has 0 radical (unpaired) electrons. The molecule has 3 aliphatic carbocycles. The summed E-state index contributed by atoms with van der Waals surface area (Å²) in [5.41, 5.74) is -0.279. The number of amides is 1. The number of esters is 1. The van der Waals surface area contributed by atoms with Gasteiger partial charge in [0.05, 0.1) is 12.5 Å². The monoisotopic (exact) mass is 211 g/mol. The summed E-state index contributed by atoms with van der Waals surface area (Å²) in [6.45, 7) is 0. The molecule has 0 unspecified atom stereocenters. The number of ether oxygens (including phenoxy) is 1. The van der Waals surface area contributed by atoms with Crippen LogP contribution in [0.25, 0.3) is 0 Å². The van der Waals surface area contributed by atoms with Crippen molar-refractivity contribution in [3.63, 3.8) is 0 Å². The van der Waals surface area contributed by atoms with E-state index in [2.05, 4.69) is 5.32 Å². The van der Waals surface area contributed by atoms with Gasteiger partial charge in [0.2, 0.25) is 6.41 Å². The lowest BCUT2D eigenvalue weighted by molar-refractivity contribution is -0.160. The third kappa shape index (κ3) is 1.52. The van der Waals surface area contributed by atoms with Crippen molar-refractivity contribution in [1.82, 2.24) is 5.32 Å². The molecular formula is C11H17NO3. The second kappa shape index (κ2) is 3.51. The molecule has 1 amide bonds. The maximum atomic E-state index is 11.7. The summed E-state index contributed by atoms with van der Waals surface area (Å²) in [4.78, 5) is 22.2. The SMILES string of the molecule is COC(=O)C12CCC(NC=O)(CC1)CC2. The molecule has 0 aromatic rings. The van der Waals surface area contributed by atoms with Crippen molar-refractivity contribution >= 4 is 12.4 Å². The van der Waals surface area contributed by atoms with Gasteiger partial charge in [0.1, 0.15) is 0 Å². The highest BCUT2D eigenvalue weighted by atomic mass is 16.5. The molecule has 3 fully saturated rings. The van der Waals surface area contributed by atoms with E-state index in [1.807, 2.05) is 0 Å². The van der Waals surface area contributed by atoms with Gasteiger partial charge in [0.15, 0.2) is 0 Å². The Labute approximate surface area is 89.4 Å². The summed E-state index contributed by atoms with van der Waals surface area (Å²) in [6, 6.07) is 0. The van der Waals surface area contributed by atoms with E-state index in [0.717, 1.165) is 44.9 Å². The van der Waals surface area contributed by atoms with Gasteiger partial charge in [-0.1, -0.05) is 0 Å². The van der Waals surface area contributed by atoms with Gasteiger partial charge in [0.25, 0.3) is 0 Å². The minimum Gasteiger partial charge on any atom is -0.469 e. The van der Waals surface area contributed by atoms with E-state index in [0.29, 0.717) is 0 Å². The zero-order valence-corrected chi connectivity index (χ0v) is 9.04. The van der Waals surface area contributed by atoms with Crippen molar-refractivity contribution in [2.24, 2.45) is 5.41 Å². The molecule has 15 heavy (non-hydrogen) atoms. The molecule has 4 heteroatoms. The van der Waals surface area contributed by atoms with E-state index in [1.54, 1.807) is 0 Å². The molecule has 3 saturated carbocycles. The van der Waals surface area contributed by atoms with Crippen LogP contribution in [0.5, 0.6) is 0 Å². The fourth-order valence-electron chi connectivity index (χ4n) is 3.05. The Morgan fingerprint density at radius 3 is 2.13 bits per heavy atom. The maximum absolute atomic E-state index is 11.7. The first kappa shape index (κ1) is 10.5. The lowest BCUT2D eigenvalue weighted by Crippen LogP contribution is -2.56. The predicted octanol–water partition coefficient (Wildman–Crippen LogP) is 0.998. The number of nitrogens with one attached hydrogen (secondary N) is 1. The first-order valence-corrected chi connectivity index (χ1v) is 5.46. The summed E-state index contributed by atoms with van der Waals surface area (Å²) in [6.07, 6.45) is 6.04. The molecule has 0 atom stereocenters. The Bertz CT molecular complexity index is 263. The van der Waals surface area contributed by atoms with E-state index in [4.69, 9.17) is 4.74 Å². The highest BCUT2D eigenvalue weighted by Gasteiger charge is 2.52. The van der Waals surface area contributed by atoms with Crippen LogP contribution in [-0.4, -0.2) is 25.0 Å². The summed E-state index contributed by atoms with van der Waals surface area (Å²) < 4.78 is 4.87. The normalized spacial score (nSPS) is 38.5. The predicted molar refractivity (Wildman–Crippen MR) is 54.1 cm³/mol. The largest absolute Gasteiger partial charge is 0.469 e. The van der Waals surface area contributed by atoms with E-state index in [-0.39, 0.29) is 16.9 Å². The van der Waals surface area contributed by atoms with Gasteiger partial charge in [-0.2, -0.15) is 0 Å². The molecule has 84 valence electrons. The number of carbonyl (C=O) groups excluding carboxylic acids is 2. The van der Waals surface area contributed by atoms with Crippen LogP contribution in [0.15, 0.2) is 0 Å². The van der Waals surface area contributed by atoms with Crippen molar-refractivity contribution in [1.29, 1.82) is 0 Å². The summed E-state index contributed by atoms with van der Waals surface area (Å²) in [5, 5.41) is 2.93. The highest BCUT2D eigenvalue weighted by molar-refractivity contribution is 5.77. The Morgan fingerprint density at radius 1 is 1.20 bits per heavy atom. The zero-order chi connectivity index (χ0) is 10.9. The topological polar surface area (TPSA) is 55.4 Å². The minimum absolute atomic E-state index is 0.0302. The van der Waals surface area contributed by atoms with Crippen LogP contribution >= 0.6 is 0 Å². The van der Waals surface area contributed by atoms with Gasteiger partial charge in [0, 0.05) is 5.54 Å². The maximum Gasteiger partial charge on any atom is 0.311 e. The van der Waals surface area contributed by atoms with Crippen molar-refractivity contribution < 1.29 is 14.3 Å². The van der Waals surface area contributed by atoms with Crippen LogP contribution in [0.2, 0.25) is 0 Å². The Balaban J connectivity index is 2.10. The quantitative estimate of drug-likeness (QED) is 0.559. The molecule has 0 heterocycles. The Kier molecular flexibility index (Phi) is 2.44. The number of hydrogen-bond acceptors (Lipinski definition) is 3. The van der Waals surface area contributed by atoms with Crippen molar-refractivity contribution in [2.45, 2.75) is 44.1 Å². The molecule has 0 aromatic carbocycles. The third-order valence-electron chi connectivity index (χ3n) is 4.23. The Morgan fingerprint density at radius 2 is 1.73 bits per heavy atom. The summed E-state index contributed by atoms with van der Waals surface area (Å²) in [5.74, 6) is -0.0677. The van der Waals surface area contributed by atoms with Gasteiger partial charge < -0.3 is 10.1 Å². The second-order valence-corrected chi connectivity index (χ2v) is 4.81. The third-order valence-corrected chi connectivity index (χ3v) is 4.23. The number of hydrogen-bond donors (Lipinski definition) is 1. The molecule has 0 saturated heterocycles. The highest BCUT2D eigenvalue weighted by Crippen LogP contribution is 2.52. The van der Waals surface area contributed by atoms with Crippen LogP contribution in [0.1, 0.15) is 38.5 Å². The average Bonchev–Trinajstić information content (AvgIpc) is 2.30. The van der Waals surface area contributed by atoms with E-state index in [1.165, 1.54) is 7.11 Å². The van der Waals surface area contributed by atoms with Crippen LogP contribution in [0.4, 0.5) is 0 Å². The molecular weight excluding hydrogens is 194 g/mol.